The summed E-state index contributed by atoms with van der Waals surface area (Å²) in [5.74, 6) is 0.0348. The van der Waals surface area contributed by atoms with Crippen LogP contribution in [-0.4, -0.2) is 18.1 Å². The summed E-state index contributed by atoms with van der Waals surface area (Å²) in [4.78, 5) is 18.0. The van der Waals surface area contributed by atoms with Crippen molar-refractivity contribution in [3.05, 3.63) is 11.8 Å². The number of hydrogen-bond donors (Lipinski definition) is 0. The Labute approximate surface area is 55.9 Å². The van der Waals surface area contributed by atoms with Crippen molar-refractivity contribution in [2.45, 2.75) is 0 Å². The van der Waals surface area contributed by atoms with E-state index in [1.807, 2.05) is 0 Å². The van der Waals surface area contributed by atoms with Gasteiger partial charge in [-0.1, -0.05) is 0 Å². The molecule has 2 aliphatic heterocycles. The fraction of sp³-hybridized carbons (Fsp3) is 0. The number of amides is 1. The summed E-state index contributed by atoms with van der Waals surface area (Å²) in [5, 5.41) is 6.78. The first kappa shape index (κ1) is 5.16. The maximum Gasteiger partial charge on any atom is 0.290 e. The average Bonchev–Trinajstić information content (AvgIpc) is 2.33. The molecule has 0 fully saturated rings. The van der Waals surface area contributed by atoms with Crippen molar-refractivity contribution >= 4 is 18.1 Å². The second-order valence-corrected chi connectivity index (χ2v) is 1.77. The number of nitrogens with zero attached hydrogens (tertiary/aromatic N) is 4. The van der Waals surface area contributed by atoms with Crippen molar-refractivity contribution in [3.8, 4) is 0 Å². The van der Waals surface area contributed by atoms with Crippen LogP contribution in [0.2, 0.25) is 0 Å². The molecule has 1 amide bonds. The minimum Gasteiger partial charge on any atom is -0.266 e. The molecule has 0 aromatic heterocycles. The first-order valence-corrected chi connectivity index (χ1v) is 2.64. The molecule has 0 aromatic rings. The Morgan fingerprint density at radius 3 is 3.10 bits per heavy atom. The predicted molar refractivity (Wildman–Crippen MR) is 33.9 cm³/mol. The lowest BCUT2D eigenvalue weighted by Gasteiger charge is -1.95. The van der Waals surface area contributed by atoms with Gasteiger partial charge < -0.3 is 0 Å². The van der Waals surface area contributed by atoms with E-state index in [-0.39, 0.29) is 5.91 Å². The Morgan fingerprint density at radius 2 is 2.20 bits per heavy atom. The summed E-state index contributed by atoms with van der Waals surface area (Å²) in [5.41, 5.74) is 0.500. The van der Waals surface area contributed by atoms with Crippen LogP contribution in [-0.2, 0) is 4.79 Å². The Hall–Kier alpha value is -1.65. The molecule has 0 spiro atoms. The minimum absolute atomic E-state index is 0.381. The molecule has 0 radical (unpaired) electrons. The first-order valence-electron chi connectivity index (χ1n) is 2.64. The van der Waals surface area contributed by atoms with E-state index >= 15 is 0 Å². The third-order valence-electron chi connectivity index (χ3n) is 1.11. The van der Waals surface area contributed by atoms with Crippen molar-refractivity contribution in [1.29, 1.82) is 0 Å². The Kier molecular flexibility index (Phi) is 0.858. The van der Waals surface area contributed by atoms with Crippen molar-refractivity contribution < 1.29 is 4.79 Å². The SMILES string of the molecule is O=C1C=C2N=CN=C2N=N1. The number of fused-ring (bicyclic) bond motifs is 1. The van der Waals surface area contributed by atoms with Crippen LogP contribution in [0.25, 0.3) is 0 Å². The van der Waals surface area contributed by atoms with Gasteiger partial charge in [-0.3, -0.25) is 4.79 Å². The molecule has 0 bridgehead atoms. The van der Waals surface area contributed by atoms with E-state index in [1.54, 1.807) is 0 Å². The molecule has 0 unspecified atom stereocenters. The van der Waals surface area contributed by atoms with Gasteiger partial charge in [0.05, 0.1) is 0 Å². The fourth-order valence-electron chi connectivity index (χ4n) is 0.691. The molecule has 48 valence electrons. The van der Waals surface area contributed by atoms with Crippen LogP contribution in [0, 0.1) is 0 Å². The number of carbonyl (C=O) groups is 1. The zero-order valence-electron chi connectivity index (χ0n) is 4.85. The van der Waals surface area contributed by atoms with Gasteiger partial charge in [0.1, 0.15) is 12.0 Å². The lowest BCUT2D eigenvalue weighted by Crippen LogP contribution is -2.02. The van der Waals surface area contributed by atoms with Crippen LogP contribution in [0.5, 0.6) is 0 Å². The predicted octanol–water partition coefficient (Wildman–Crippen LogP) is 0.303. The van der Waals surface area contributed by atoms with Crippen LogP contribution < -0.4 is 0 Å². The van der Waals surface area contributed by atoms with E-state index in [1.165, 1.54) is 12.4 Å². The summed E-state index contributed by atoms with van der Waals surface area (Å²) in [6, 6.07) is 0. The van der Waals surface area contributed by atoms with E-state index in [0.29, 0.717) is 11.5 Å². The van der Waals surface area contributed by atoms with Gasteiger partial charge in [0.2, 0.25) is 5.84 Å². The molecule has 5 nitrogen and oxygen atoms in total. The quantitative estimate of drug-likeness (QED) is 0.469. The normalized spacial score (nSPS) is 20.6. The third-order valence-corrected chi connectivity index (χ3v) is 1.11. The molecule has 2 heterocycles. The highest BCUT2D eigenvalue weighted by molar-refractivity contribution is 6.12. The Morgan fingerprint density at radius 1 is 1.30 bits per heavy atom. The molecule has 0 saturated carbocycles. The highest BCUT2D eigenvalue weighted by Gasteiger charge is 2.15. The van der Waals surface area contributed by atoms with Crippen LogP contribution in [0.1, 0.15) is 0 Å². The molecular formula is C5H2N4O. The summed E-state index contributed by atoms with van der Waals surface area (Å²) in [7, 11) is 0. The second-order valence-electron chi connectivity index (χ2n) is 1.77. The molecule has 10 heavy (non-hydrogen) atoms. The molecule has 0 atom stereocenters. The number of carbonyl (C=O) groups excluding carboxylic acids is 1. The molecule has 0 aliphatic carbocycles. The lowest BCUT2D eigenvalue weighted by atomic mass is 10.3. The highest BCUT2D eigenvalue weighted by atomic mass is 16.1. The largest absolute Gasteiger partial charge is 0.290 e. The molecule has 2 rings (SSSR count). The van der Waals surface area contributed by atoms with E-state index in [9.17, 15) is 4.79 Å². The smallest absolute Gasteiger partial charge is 0.266 e. The van der Waals surface area contributed by atoms with E-state index in [0.717, 1.165) is 0 Å². The van der Waals surface area contributed by atoms with Crippen LogP contribution in [0.15, 0.2) is 32.0 Å². The Balaban J connectivity index is 2.51. The standard InChI is InChI=1S/C5H2N4O/c10-4-1-3-5(9-8-4)7-2-6-3/h1-2H. The topological polar surface area (TPSA) is 66.5 Å². The molecule has 0 N–H and O–H groups in total. The molecule has 5 heteroatoms. The van der Waals surface area contributed by atoms with Gasteiger partial charge >= 0.3 is 0 Å². The minimum atomic E-state index is -0.381. The highest BCUT2D eigenvalue weighted by Crippen LogP contribution is 2.11. The zero-order valence-corrected chi connectivity index (χ0v) is 4.85. The van der Waals surface area contributed by atoms with Crippen LogP contribution in [0.3, 0.4) is 0 Å². The first-order chi connectivity index (χ1) is 4.86. The maximum atomic E-state index is 10.5. The van der Waals surface area contributed by atoms with Gasteiger partial charge in [-0.05, 0) is 0 Å². The fourth-order valence-corrected chi connectivity index (χ4v) is 0.691. The number of rotatable bonds is 0. The average molecular weight is 134 g/mol. The summed E-state index contributed by atoms with van der Waals surface area (Å²) in [6.45, 7) is 0. The van der Waals surface area contributed by atoms with Crippen molar-refractivity contribution in [1.82, 2.24) is 0 Å². The van der Waals surface area contributed by atoms with Crippen molar-refractivity contribution in [3.63, 3.8) is 0 Å². The maximum absolute atomic E-state index is 10.5. The van der Waals surface area contributed by atoms with Crippen molar-refractivity contribution in [2.24, 2.45) is 20.2 Å². The van der Waals surface area contributed by atoms with E-state index < -0.39 is 0 Å². The molecule has 0 saturated heterocycles. The second kappa shape index (κ2) is 1.66. The van der Waals surface area contributed by atoms with Gasteiger partial charge in [-0.15, -0.1) is 10.2 Å². The van der Waals surface area contributed by atoms with E-state index in [4.69, 9.17) is 0 Å². The number of hydrogen-bond acceptors (Lipinski definition) is 4. The van der Waals surface area contributed by atoms with Gasteiger partial charge in [0.15, 0.2) is 0 Å². The molecule has 0 aromatic carbocycles. The van der Waals surface area contributed by atoms with Gasteiger partial charge in [-0.25, -0.2) is 9.98 Å². The van der Waals surface area contributed by atoms with Crippen LogP contribution in [0.4, 0.5) is 0 Å². The molecular weight excluding hydrogens is 132 g/mol. The van der Waals surface area contributed by atoms with Crippen LogP contribution >= 0.6 is 0 Å². The molecule has 2 aliphatic rings. The monoisotopic (exact) mass is 134 g/mol. The summed E-state index contributed by atoms with van der Waals surface area (Å²) < 4.78 is 0. The summed E-state index contributed by atoms with van der Waals surface area (Å²) in [6.07, 6.45) is 2.65. The van der Waals surface area contributed by atoms with Gasteiger partial charge in [-0.2, -0.15) is 0 Å². The van der Waals surface area contributed by atoms with Gasteiger partial charge in [0, 0.05) is 6.08 Å². The Bertz CT molecular complexity index is 310. The number of azo groups is 1. The zero-order chi connectivity index (χ0) is 6.97. The van der Waals surface area contributed by atoms with E-state index in [2.05, 4.69) is 20.2 Å². The third kappa shape index (κ3) is 0.604. The van der Waals surface area contributed by atoms with Crippen molar-refractivity contribution in [2.75, 3.05) is 0 Å². The number of amidine groups is 1. The number of aliphatic imine (C=N–C) groups is 2. The van der Waals surface area contributed by atoms with Gasteiger partial charge in [0.25, 0.3) is 5.91 Å². The summed E-state index contributed by atoms with van der Waals surface area (Å²) >= 11 is 0. The lowest BCUT2D eigenvalue weighted by molar-refractivity contribution is -0.113.